The molecule has 6 heteroatoms. The summed E-state index contributed by atoms with van der Waals surface area (Å²) in [6.45, 7) is 6.57. The number of para-hydroxylation sites is 1. The number of aryl methyl sites for hydroxylation is 1. The van der Waals surface area contributed by atoms with E-state index >= 15 is 0 Å². The molecule has 1 amide bonds. The number of anilines is 1. The molecule has 2 aromatic carbocycles. The highest BCUT2D eigenvalue weighted by Crippen LogP contribution is 2.27. The zero-order chi connectivity index (χ0) is 21.0. The van der Waals surface area contributed by atoms with Gasteiger partial charge in [0.05, 0.1) is 13.2 Å². The van der Waals surface area contributed by atoms with E-state index in [1.165, 1.54) is 0 Å². The first kappa shape index (κ1) is 20.6. The third-order valence-electron chi connectivity index (χ3n) is 4.88. The molecule has 29 heavy (non-hydrogen) atoms. The number of carbonyl (C=O) groups excluding carboxylic acids is 2. The van der Waals surface area contributed by atoms with Crippen molar-refractivity contribution in [3.63, 3.8) is 0 Å². The Kier molecular flexibility index (Phi) is 6.34. The molecule has 0 aliphatic heterocycles. The van der Waals surface area contributed by atoms with Gasteiger partial charge in [-0.3, -0.25) is 9.69 Å². The number of amides is 1. The number of carbonyl (C=O) groups is 2. The van der Waals surface area contributed by atoms with Crippen LogP contribution in [-0.4, -0.2) is 37.0 Å². The SMILES string of the molecule is CCOC(=O)c1oc2ccccc2c1CN(C)CC(=O)Nc1cccc(C)c1C. The molecule has 1 aromatic heterocycles. The molecule has 0 aliphatic rings. The van der Waals surface area contributed by atoms with E-state index in [9.17, 15) is 9.59 Å². The minimum Gasteiger partial charge on any atom is -0.460 e. The van der Waals surface area contributed by atoms with Crippen molar-refractivity contribution in [2.24, 2.45) is 0 Å². The van der Waals surface area contributed by atoms with Gasteiger partial charge in [0.25, 0.3) is 0 Å². The van der Waals surface area contributed by atoms with Crippen LogP contribution in [0.25, 0.3) is 11.0 Å². The number of esters is 1. The van der Waals surface area contributed by atoms with E-state index in [0.29, 0.717) is 12.1 Å². The Bertz CT molecular complexity index is 1040. The summed E-state index contributed by atoms with van der Waals surface area (Å²) in [4.78, 5) is 26.7. The fourth-order valence-electron chi connectivity index (χ4n) is 3.26. The topological polar surface area (TPSA) is 71.8 Å². The summed E-state index contributed by atoms with van der Waals surface area (Å²) in [5.41, 5.74) is 4.33. The van der Waals surface area contributed by atoms with Crippen molar-refractivity contribution >= 4 is 28.5 Å². The number of nitrogens with zero attached hydrogens (tertiary/aromatic N) is 1. The van der Waals surface area contributed by atoms with Gasteiger partial charge in [0.15, 0.2) is 0 Å². The monoisotopic (exact) mass is 394 g/mol. The number of rotatable bonds is 7. The van der Waals surface area contributed by atoms with E-state index < -0.39 is 5.97 Å². The van der Waals surface area contributed by atoms with E-state index in [2.05, 4.69) is 5.32 Å². The minimum absolute atomic E-state index is 0.119. The minimum atomic E-state index is -0.494. The van der Waals surface area contributed by atoms with Gasteiger partial charge in [-0.05, 0) is 51.1 Å². The zero-order valence-corrected chi connectivity index (χ0v) is 17.2. The van der Waals surface area contributed by atoms with Gasteiger partial charge >= 0.3 is 5.97 Å². The Morgan fingerprint density at radius 2 is 1.86 bits per heavy atom. The van der Waals surface area contributed by atoms with Crippen molar-refractivity contribution in [3.05, 3.63) is 64.9 Å². The number of hydrogen-bond acceptors (Lipinski definition) is 5. The second-order valence-corrected chi connectivity index (χ2v) is 7.09. The number of benzene rings is 2. The van der Waals surface area contributed by atoms with Crippen molar-refractivity contribution in [1.82, 2.24) is 4.90 Å². The standard InChI is InChI=1S/C23H26N2O4/c1-5-28-23(27)22-18(17-10-6-7-12-20(17)29-22)13-25(4)14-21(26)24-19-11-8-9-15(2)16(19)3/h6-12H,5,13-14H2,1-4H3,(H,24,26). The van der Waals surface area contributed by atoms with Crippen LogP contribution in [0.15, 0.2) is 46.9 Å². The normalized spacial score (nSPS) is 11.1. The summed E-state index contributed by atoms with van der Waals surface area (Å²) in [6, 6.07) is 13.3. The van der Waals surface area contributed by atoms with Gasteiger partial charge in [0, 0.05) is 23.2 Å². The van der Waals surface area contributed by atoms with Crippen LogP contribution >= 0.6 is 0 Å². The third kappa shape index (κ3) is 4.66. The van der Waals surface area contributed by atoms with Crippen LogP contribution in [0.4, 0.5) is 5.69 Å². The Labute approximate surface area is 170 Å². The maximum atomic E-state index is 12.5. The Balaban J connectivity index is 1.76. The van der Waals surface area contributed by atoms with Gasteiger partial charge in [0.1, 0.15) is 5.58 Å². The number of hydrogen-bond donors (Lipinski definition) is 1. The van der Waals surface area contributed by atoms with E-state index in [0.717, 1.165) is 27.8 Å². The number of nitrogens with one attached hydrogen (secondary N) is 1. The molecular formula is C23H26N2O4. The molecule has 0 unspecified atom stereocenters. The van der Waals surface area contributed by atoms with E-state index in [1.54, 1.807) is 6.92 Å². The van der Waals surface area contributed by atoms with Gasteiger partial charge in [-0.2, -0.15) is 0 Å². The van der Waals surface area contributed by atoms with Crippen LogP contribution in [0, 0.1) is 13.8 Å². The molecular weight excluding hydrogens is 368 g/mol. The van der Waals surface area contributed by atoms with Crippen LogP contribution in [0.1, 0.15) is 34.2 Å². The van der Waals surface area contributed by atoms with Crippen LogP contribution in [0.2, 0.25) is 0 Å². The van der Waals surface area contributed by atoms with Gasteiger partial charge in [0.2, 0.25) is 11.7 Å². The van der Waals surface area contributed by atoms with E-state index in [-0.39, 0.29) is 24.8 Å². The number of furan rings is 1. The molecule has 6 nitrogen and oxygen atoms in total. The maximum absolute atomic E-state index is 12.5. The number of likely N-dealkylation sites (N-methyl/N-ethyl adjacent to an activating group) is 1. The average molecular weight is 394 g/mol. The summed E-state index contributed by atoms with van der Waals surface area (Å²) in [5, 5.41) is 3.81. The number of ether oxygens (including phenoxy) is 1. The first-order valence-electron chi connectivity index (χ1n) is 9.62. The van der Waals surface area contributed by atoms with Crippen LogP contribution in [0.3, 0.4) is 0 Å². The smallest absolute Gasteiger partial charge is 0.374 e. The summed E-state index contributed by atoms with van der Waals surface area (Å²) < 4.78 is 10.9. The predicted octanol–water partition coefficient (Wildman–Crippen LogP) is 4.30. The Morgan fingerprint density at radius 3 is 2.62 bits per heavy atom. The molecule has 152 valence electrons. The first-order chi connectivity index (χ1) is 13.9. The molecule has 0 saturated carbocycles. The van der Waals surface area contributed by atoms with Crippen LogP contribution in [0.5, 0.6) is 0 Å². The lowest BCUT2D eigenvalue weighted by atomic mass is 10.1. The van der Waals surface area contributed by atoms with Gasteiger partial charge in [-0.25, -0.2) is 4.79 Å². The van der Waals surface area contributed by atoms with Gasteiger partial charge in [-0.1, -0.05) is 30.3 Å². The maximum Gasteiger partial charge on any atom is 0.374 e. The average Bonchev–Trinajstić information content (AvgIpc) is 3.04. The molecule has 0 saturated heterocycles. The van der Waals surface area contributed by atoms with Crippen molar-refractivity contribution in [3.8, 4) is 0 Å². The predicted molar refractivity (Wildman–Crippen MR) is 113 cm³/mol. The third-order valence-corrected chi connectivity index (χ3v) is 4.88. The van der Waals surface area contributed by atoms with Gasteiger partial charge < -0.3 is 14.5 Å². The highest BCUT2D eigenvalue weighted by atomic mass is 16.5. The molecule has 0 fully saturated rings. The lowest BCUT2D eigenvalue weighted by Gasteiger charge is -2.17. The van der Waals surface area contributed by atoms with Crippen molar-refractivity contribution in [2.45, 2.75) is 27.3 Å². The van der Waals surface area contributed by atoms with Crippen molar-refractivity contribution in [1.29, 1.82) is 0 Å². The second kappa shape index (κ2) is 8.92. The molecule has 1 heterocycles. The molecule has 3 rings (SSSR count). The second-order valence-electron chi connectivity index (χ2n) is 7.09. The zero-order valence-electron chi connectivity index (χ0n) is 17.2. The lowest BCUT2D eigenvalue weighted by molar-refractivity contribution is -0.117. The summed E-state index contributed by atoms with van der Waals surface area (Å²) >= 11 is 0. The Hall–Kier alpha value is -3.12. The lowest BCUT2D eigenvalue weighted by Crippen LogP contribution is -2.30. The molecule has 0 spiro atoms. The Morgan fingerprint density at radius 1 is 1.10 bits per heavy atom. The number of fused-ring (bicyclic) bond motifs is 1. The molecule has 0 atom stereocenters. The van der Waals surface area contributed by atoms with Crippen molar-refractivity contribution < 1.29 is 18.7 Å². The summed E-state index contributed by atoms with van der Waals surface area (Å²) in [7, 11) is 1.83. The molecule has 3 aromatic rings. The molecule has 1 N–H and O–H groups in total. The van der Waals surface area contributed by atoms with Crippen molar-refractivity contribution in [2.75, 3.05) is 25.5 Å². The van der Waals surface area contributed by atoms with Crippen LogP contribution in [-0.2, 0) is 16.1 Å². The molecule has 0 bridgehead atoms. The summed E-state index contributed by atoms with van der Waals surface area (Å²) in [5.74, 6) is -0.423. The largest absolute Gasteiger partial charge is 0.460 e. The highest BCUT2D eigenvalue weighted by Gasteiger charge is 2.23. The molecule has 0 radical (unpaired) electrons. The van der Waals surface area contributed by atoms with E-state index in [4.69, 9.17) is 9.15 Å². The highest BCUT2D eigenvalue weighted by molar-refractivity contribution is 5.96. The fraction of sp³-hybridized carbons (Fsp3) is 0.304. The van der Waals surface area contributed by atoms with Gasteiger partial charge in [-0.15, -0.1) is 0 Å². The fourth-order valence-corrected chi connectivity index (χ4v) is 3.26. The van der Waals surface area contributed by atoms with E-state index in [1.807, 2.05) is 68.3 Å². The summed E-state index contributed by atoms with van der Waals surface area (Å²) in [6.07, 6.45) is 0. The molecule has 0 aliphatic carbocycles. The first-order valence-corrected chi connectivity index (χ1v) is 9.62. The van der Waals surface area contributed by atoms with Crippen LogP contribution < -0.4 is 5.32 Å². The quantitative estimate of drug-likeness (QED) is 0.605.